The van der Waals surface area contributed by atoms with E-state index < -0.39 is 87.9 Å². The van der Waals surface area contributed by atoms with Gasteiger partial charge in [0, 0.05) is 5.71 Å². The van der Waals surface area contributed by atoms with E-state index in [1.807, 2.05) is 0 Å². The topological polar surface area (TPSA) is 258 Å². The molecule has 31 heteroatoms. The van der Waals surface area contributed by atoms with Crippen LogP contribution in [-0.4, -0.2) is 76.6 Å². The molecular formula is C45H98F12KN3O11S4. The first kappa shape index (κ1) is 100. The molecule has 0 amide bonds. The van der Waals surface area contributed by atoms with E-state index in [0.717, 1.165) is 13.1 Å². The monoisotopic (exact) mass is 1250 g/mol. The summed E-state index contributed by atoms with van der Waals surface area (Å²) >= 11 is -3.00. The zero-order chi connectivity index (χ0) is 59.6. The van der Waals surface area contributed by atoms with Gasteiger partial charge in [0.05, 0.1) is 18.2 Å². The molecule has 76 heavy (non-hydrogen) atoms. The average Bonchev–Trinajstić information content (AvgIpc) is 3.29. The molecule has 0 unspecified atom stereocenters. The zero-order valence-electron chi connectivity index (χ0n) is 44.6. The van der Waals surface area contributed by atoms with Gasteiger partial charge in [-0.25, -0.2) is 52.7 Å². The van der Waals surface area contributed by atoms with E-state index in [4.69, 9.17) is 49.0 Å². The van der Waals surface area contributed by atoms with E-state index >= 15 is 0 Å². The van der Waals surface area contributed by atoms with Crippen molar-refractivity contribution < 1.29 is 160 Å². The van der Waals surface area contributed by atoms with Gasteiger partial charge >= 0.3 is 97.7 Å². The third-order valence-electron chi connectivity index (χ3n) is 9.91. The standard InChI is InChI=1S/2C18H39N.2C4H3F6.CH4.K.NO3.4O2S.4H2/c2*1-2-3-4-5-6-7-8-9-10-11-12-13-14-15-16-17-18-19;2*1-2(3(5,6)7)4(8,9)10;;;2-1(3)4;4*1-3-2;;;;/h2*2-19H2,1H3;2*1H3;1H4;;;;;;;4*1H/q;;2*-1;;+1;-1;;;;;;;;/p+2. The molecule has 0 saturated heterocycles. The van der Waals surface area contributed by atoms with E-state index in [9.17, 15) is 52.7 Å². The van der Waals surface area contributed by atoms with Crippen LogP contribution >= 0.6 is 0 Å². The number of rotatable bonds is 32. The van der Waals surface area contributed by atoms with Gasteiger partial charge in [0.2, 0.25) is 0 Å². The Labute approximate surface area is 508 Å². The van der Waals surface area contributed by atoms with Crippen molar-refractivity contribution in [2.45, 2.75) is 265 Å². The maximum Gasteiger partial charge on any atom is 1.00 e. The van der Waals surface area contributed by atoms with Crippen molar-refractivity contribution in [3.63, 3.8) is 0 Å². The first-order valence-corrected chi connectivity index (χ1v) is 27.2. The number of unbranched alkanes of at least 4 members (excludes halogenated alkanes) is 30. The summed E-state index contributed by atoms with van der Waals surface area (Å²) in [6, 6.07) is 0. The average molecular weight is 1250 g/mol. The third kappa shape index (κ3) is 125. The van der Waals surface area contributed by atoms with Gasteiger partial charge in [0.25, 0.3) is 24.7 Å². The maximum absolute atomic E-state index is 11.2. The van der Waals surface area contributed by atoms with Crippen LogP contribution in [0.2, 0.25) is 0 Å². The van der Waals surface area contributed by atoms with Gasteiger partial charge in [-0.15, -0.1) is 11.8 Å². The van der Waals surface area contributed by atoms with E-state index in [1.54, 1.807) is 0 Å². The Morgan fingerprint density at radius 2 is 0.447 bits per heavy atom. The number of halogens is 12. The van der Waals surface area contributed by atoms with Crippen LogP contribution in [-0.2, 0) is 46.3 Å². The maximum atomic E-state index is 11.2. The molecule has 0 atom stereocenters. The van der Waals surface area contributed by atoms with Crippen molar-refractivity contribution in [3.8, 4) is 0 Å². The van der Waals surface area contributed by atoms with Gasteiger partial charge in [0.1, 0.15) is 0 Å². The molecule has 0 saturated carbocycles. The normalized spacial score (nSPS) is 10.3. The smallest absolute Gasteiger partial charge is 0.358 e. The first-order chi connectivity index (χ1) is 34.5. The van der Waals surface area contributed by atoms with Crippen molar-refractivity contribution in [1.29, 1.82) is 0 Å². The summed E-state index contributed by atoms with van der Waals surface area (Å²) in [5.41, 5.74) is 7.78. The van der Waals surface area contributed by atoms with Gasteiger partial charge in [-0.1, -0.05) is 201 Å². The Morgan fingerprint density at radius 1 is 0.355 bits per heavy atom. The van der Waals surface area contributed by atoms with Crippen molar-refractivity contribution in [2.24, 2.45) is 0 Å². The minimum Gasteiger partial charge on any atom is -0.358 e. The minimum atomic E-state index is -5.27. The fourth-order valence-corrected chi connectivity index (χ4v) is 5.77. The second-order valence-corrected chi connectivity index (χ2v) is 16.6. The number of hydrogen-bond acceptors (Lipinski definition) is 11. The fraction of sp³-hybridized carbons (Fsp3) is 0.956. The van der Waals surface area contributed by atoms with E-state index in [1.165, 1.54) is 205 Å². The molecule has 0 bridgehead atoms. The van der Waals surface area contributed by atoms with Crippen LogP contribution in [0.1, 0.15) is 246 Å². The van der Waals surface area contributed by atoms with Crippen molar-refractivity contribution in [3.05, 3.63) is 27.2 Å². The summed E-state index contributed by atoms with van der Waals surface area (Å²) in [5.74, 6) is -4.86. The summed E-state index contributed by atoms with van der Waals surface area (Å²) in [6.45, 7) is 6.83. The Morgan fingerprint density at radius 3 is 0.513 bits per heavy atom. The molecule has 0 rings (SSSR count). The Kier molecular flexibility index (Phi) is 107. The van der Waals surface area contributed by atoms with Gasteiger partial charge in [-0.3, -0.25) is 0 Å². The Hall–Kier alpha value is -0.804. The van der Waals surface area contributed by atoms with Gasteiger partial charge < -0.3 is 26.8 Å². The van der Waals surface area contributed by atoms with Crippen LogP contribution in [0.5, 0.6) is 0 Å². The molecule has 6 N–H and O–H groups in total. The van der Waals surface area contributed by atoms with Crippen LogP contribution in [0.15, 0.2) is 0 Å². The molecule has 468 valence electrons. The second kappa shape index (κ2) is 80.7. The van der Waals surface area contributed by atoms with Crippen LogP contribution in [0, 0.1) is 27.2 Å². The molecule has 0 heterocycles. The molecule has 0 aromatic carbocycles. The summed E-state index contributed by atoms with van der Waals surface area (Å²) < 4.78 is 201. The van der Waals surface area contributed by atoms with Crippen molar-refractivity contribution in [2.75, 3.05) is 13.1 Å². The first-order valence-electron chi connectivity index (χ1n) is 24.6. The fourth-order valence-electron chi connectivity index (χ4n) is 5.77. The summed E-state index contributed by atoms with van der Waals surface area (Å²) in [5, 5.41) is 14.8. The van der Waals surface area contributed by atoms with E-state index in [2.05, 4.69) is 25.3 Å². The third-order valence-corrected chi connectivity index (χ3v) is 9.91. The Balaban J connectivity index is -0.0000000495. The molecule has 0 radical (unpaired) electrons. The quantitative estimate of drug-likeness (QED) is 0.0160. The summed E-state index contributed by atoms with van der Waals surface area (Å²) in [4.78, 5) is 8.25. The molecule has 0 aliphatic carbocycles. The molecule has 14 nitrogen and oxygen atoms in total. The largest absolute Gasteiger partial charge is 1.00 e. The SMILES string of the molecule is C.CCCCCCCCCCCCCCCCCC[NH3+].CCCCCCCCCCCCCCCCCC[NH3+].C[C-](C(F)(F)F)C(F)(F)F.C[C-](C(F)(F)F)C(F)(F)F.O=S=O.O=S=O.O=S=O.O=S=O.O=[N+]([O-])[O-].[HH].[HH].[HH].[HH].[K+]. The van der Waals surface area contributed by atoms with Crippen LogP contribution in [0.25, 0.3) is 0 Å². The predicted octanol–water partition coefficient (Wildman–Crippen LogP) is 12.1. The Bertz CT molecular complexity index is 1130. The van der Waals surface area contributed by atoms with Gasteiger partial charge in [-0.2, -0.15) is 47.5 Å². The van der Waals surface area contributed by atoms with E-state index in [-0.39, 0.29) is 78.4 Å². The second-order valence-electron chi connectivity index (χ2n) is 16.1. The van der Waals surface area contributed by atoms with Crippen molar-refractivity contribution in [1.82, 2.24) is 0 Å². The number of alkyl halides is 12. The van der Waals surface area contributed by atoms with Crippen LogP contribution in [0.3, 0.4) is 0 Å². The summed E-state index contributed by atoms with van der Waals surface area (Å²) in [7, 11) is 0. The zero-order valence-corrected chi connectivity index (χ0v) is 51.0. The predicted molar refractivity (Wildman–Crippen MR) is 278 cm³/mol. The molecule has 0 fully saturated rings. The molecule has 0 aliphatic rings. The number of quaternary nitrogens is 2. The van der Waals surface area contributed by atoms with Crippen LogP contribution < -0.4 is 62.9 Å². The number of nitrogens with zero attached hydrogens (tertiary/aromatic N) is 1. The minimum absolute atomic E-state index is 0. The number of hydrogen-bond donors (Lipinski definition) is 2. The van der Waals surface area contributed by atoms with Crippen molar-refractivity contribution >= 4 is 46.3 Å². The molecule has 0 aliphatic heterocycles. The molecule has 0 aromatic rings. The molecule has 0 aromatic heterocycles. The van der Waals surface area contributed by atoms with Crippen LogP contribution in [0.4, 0.5) is 52.7 Å². The molecular weight excluding hydrogens is 1150 g/mol. The summed E-state index contributed by atoms with van der Waals surface area (Å²) in [6.07, 6.45) is 25.3. The van der Waals surface area contributed by atoms with Gasteiger partial charge in [-0.05, 0) is 25.7 Å². The van der Waals surface area contributed by atoms with E-state index in [0.29, 0.717) is 0 Å². The molecule has 0 spiro atoms. The van der Waals surface area contributed by atoms with Gasteiger partial charge in [0.15, 0.2) is 0 Å².